The molecule has 0 atom stereocenters. The van der Waals surface area contributed by atoms with Crippen LogP contribution in [0.3, 0.4) is 0 Å². The van der Waals surface area contributed by atoms with Gasteiger partial charge >= 0.3 is 11.2 Å². The molecule has 0 saturated carbocycles. The fraction of sp³-hybridized carbons (Fsp3) is 0.333. The summed E-state index contributed by atoms with van der Waals surface area (Å²) in [6.07, 6.45) is 1.07. The fourth-order valence-corrected chi connectivity index (χ4v) is 1.32. The number of alkyl halides is 2. The number of nitrogens with zero attached hydrogens (tertiary/aromatic N) is 1. The summed E-state index contributed by atoms with van der Waals surface area (Å²) in [7, 11) is -5.84. The number of halogens is 2. The van der Waals surface area contributed by atoms with Gasteiger partial charge in [0.25, 0.3) is 0 Å². The third-order valence-electron chi connectivity index (χ3n) is 1.37. The standard InChI is InChI=1S/C6H5F2NO5S2/c7-6(8,16(11,12)13)2-14-5(10)4-1-9-3-15-4/h1,3H,2H2,(H,11,12,13)/p-1. The van der Waals surface area contributed by atoms with E-state index in [9.17, 15) is 26.5 Å². The Bertz CT molecular complexity index is 469. The summed E-state index contributed by atoms with van der Waals surface area (Å²) >= 11 is 0.831. The first-order valence-electron chi connectivity index (χ1n) is 3.63. The summed E-state index contributed by atoms with van der Waals surface area (Å²) in [5, 5.41) is -4.63. The number of carbonyl (C=O) groups is 1. The van der Waals surface area contributed by atoms with Crippen LogP contribution >= 0.6 is 11.3 Å². The van der Waals surface area contributed by atoms with Crippen LogP contribution in [0.25, 0.3) is 0 Å². The first-order chi connectivity index (χ1) is 7.24. The van der Waals surface area contributed by atoms with E-state index in [1.54, 1.807) is 0 Å². The van der Waals surface area contributed by atoms with Gasteiger partial charge in [0.15, 0.2) is 16.7 Å². The van der Waals surface area contributed by atoms with Crippen molar-refractivity contribution < 1.29 is 31.3 Å². The second kappa shape index (κ2) is 4.39. The highest BCUT2D eigenvalue weighted by Gasteiger charge is 2.39. The molecular weight excluding hydrogens is 268 g/mol. The fourth-order valence-electron chi connectivity index (χ4n) is 0.609. The zero-order valence-electron chi connectivity index (χ0n) is 7.42. The van der Waals surface area contributed by atoms with E-state index in [4.69, 9.17) is 0 Å². The molecule has 1 aromatic rings. The molecule has 0 aliphatic rings. The topological polar surface area (TPSA) is 96.4 Å². The highest BCUT2D eigenvalue weighted by atomic mass is 32.2. The molecule has 0 radical (unpaired) electrons. The number of carbonyl (C=O) groups excluding carboxylic acids is 1. The molecule has 0 aliphatic carbocycles. The summed E-state index contributed by atoms with van der Waals surface area (Å²) in [5.74, 6) is -1.16. The minimum Gasteiger partial charge on any atom is -0.743 e. The SMILES string of the molecule is O=C(OCC(F)(F)S(=O)(=O)[O-])c1cncs1. The number of ether oxygens (including phenoxy) is 1. The lowest BCUT2D eigenvalue weighted by molar-refractivity contribution is -0.00966. The van der Waals surface area contributed by atoms with Crippen LogP contribution in [0.15, 0.2) is 11.7 Å². The van der Waals surface area contributed by atoms with Gasteiger partial charge in [-0.1, -0.05) is 0 Å². The molecule has 0 saturated heterocycles. The summed E-state index contributed by atoms with van der Waals surface area (Å²) < 4.78 is 59.2. The zero-order valence-corrected chi connectivity index (χ0v) is 9.06. The molecule has 10 heteroatoms. The van der Waals surface area contributed by atoms with Gasteiger partial charge in [-0.15, -0.1) is 11.3 Å². The minimum absolute atomic E-state index is 0.0703. The lowest BCUT2D eigenvalue weighted by atomic mass is 10.5. The molecule has 1 rings (SSSR count). The first-order valence-corrected chi connectivity index (χ1v) is 5.92. The second-order valence-electron chi connectivity index (χ2n) is 2.53. The van der Waals surface area contributed by atoms with Gasteiger partial charge in [-0.3, -0.25) is 4.98 Å². The summed E-state index contributed by atoms with van der Waals surface area (Å²) in [5.41, 5.74) is 1.26. The maximum Gasteiger partial charge on any atom is 0.367 e. The zero-order chi connectivity index (χ0) is 12.4. The Morgan fingerprint density at radius 3 is 2.69 bits per heavy atom. The molecular formula is C6H4F2NO5S2-. The van der Waals surface area contributed by atoms with Gasteiger partial charge in [0, 0.05) is 0 Å². The Hall–Kier alpha value is -1.13. The van der Waals surface area contributed by atoms with Crippen LogP contribution in [0.1, 0.15) is 9.67 Å². The smallest absolute Gasteiger partial charge is 0.367 e. The van der Waals surface area contributed by atoms with E-state index in [-0.39, 0.29) is 4.88 Å². The van der Waals surface area contributed by atoms with E-state index in [1.807, 2.05) is 0 Å². The van der Waals surface area contributed by atoms with Crippen LogP contribution in [0.5, 0.6) is 0 Å². The molecule has 0 amide bonds. The van der Waals surface area contributed by atoms with Gasteiger partial charge in [0.2, 0.25) is 0 Å². The van der Waals surface area contributed by atoms with Crippen molar-refractivity contribution in [2.45, 2.75) is 5.25 Å². The molecule has 0 bridgehead atoms. The maximum atomic E-state index is 12.5. The molecule has 0 aromatic carbocycles. The Morgan fingerprint density at radius 2 is 2.25 bits per heavy atom. The van der Waals surface area contributed by atoms with Gasteiger partial charge in [-0.2, -0.15) is 8.78 Å². The molecule has 1 aromatic heterocycles. The highest BCUT2D eigenvalue weighted by molar-refractivity contribution is 7.86. The van der Waals surface area contributed by atoms with Crippen molar-refractivity contribution in [2.75, 3.05) is 6.61 Å². The minimum atomic E-state index is -5.84. The third-order valence-corrected chi connectivity index (χ3v) is 2.97. The summed E-state index contributed by atoms with van der Waals surface area (Å²) in [4.78, 5) is 14.4. The van der Waals surface area contributed by atoms with Gasteiger partial charge in [-0.25, -0.2) is 13.2 Å². The average molecular weight is 272 g/mol. The molecule has 0 N–H and O–H groups in total. The molecule has 0 aliphatic heterocycles. The van der Waals surface area contributed by atoms with E-state index >= 15 is 0 Å². The Morgan fingerprint density at radius 1 is 1.62 bits per heavy atom. The first kappa shape index (κ1) is 12.9. The highest BCUT2D eigenvalue weighted by Crippen LogP contribution is 2.21. The van der Waals surface area contributed by atoms with Crippen molar-refractivity contribution in [3.8, 4) is 0 Å². The van der Waals surface area contributed by atoms with E-state index in [0.29, 0.717) is 0 Å². The molecule has 90 valence electrons. The quantitative estimate of drug-likeness (QED) is 0.582. The maximum absolute atomic E-state index is 12.5. The summed E-state index contributed by atoms with van der Waals surface area (Å²) in [6, 6.07) is 0. The predicted molar refractivity (Wildman–Crippen MR) is 47.0 cm³/mol. The van der Waals surface area contributed by atoms with Gasteiger partial charge < -0.3 is 9.29 Å². The molecule has 6 nitrogen and oxygen atoms in total. The van der Waals surface area contributed by atoms with Crippen LogP contribution in [-0.2, 0) is 14.9 Å². The lowest BCUT2D eigenvalue weighted by Gasteiger charge is -2.18. The second-order valence-corrected chi connectivity index (χ2v) is 4.93. The van der Waals surface area contributed by atoms with Crippen molar-refractivity contribution in [3.05, 3.63) is 16.6 Å². The molecule has 1 heterocycles. The molecule has 0 unspecified atom stereocenters. The Balaban J connectivity index is 2.63. The predicted octanol–water partition coefficient (Wildman–Crippen LogP) is 0.438. The summed E-state index contributed by atoms with van der Waals surface area (Å²) in [6.45, 7) is -1.81. The number of thiazole rings is 1. The number of esters is 1. The van der Waals surface area contributed by atoms with Crippen molar-refractivity contribution in [1.82, 2.24) is 4.98 Å². The molecule has 0 fully saturated rings. The largest absolute Gasteiger partial charge is 0.743 e. The Kier molecular flexibility index (Phi) is 3.55. The lowest BCUT2D eigenvalue weighted by Crippen LogP contribution is -2.34. The van der Waals surface area contributed by atoms with Crippen LogP contribution < -0.4 is 0 Å². The number of aromatic nitrogens is 1. The van der Waals surface area contributed by atoms with Crippen molar-refractivity contribution in [1.29, 1.82) is 0 Å². The van der Waals surface area contributed by atoms with Crippen LogP contribution in [0.2, 0.25) is 0 Å². The average Bonchev–Trinajstić information content (AvgIpc) is 2.65. The molecule has 0 spiro atoms. The van der Waals surface area contributed by atoms with E-state index in [0.717, 1.165) is 17.5 Å². The number of hydrogen-bond donors (Lipinski definition) is 0. The third kappa shape index (κ3) is 2.93. The van der Waals surface area contributed by atoms with Gasteiger partial charge in [0.1, 0.15) is 4.88 Å². The van der Waals surface area contributed by atoms with E-state index < -0.39 is 27.9 Å². The van der Waals surface area contributed by atoms with Gasteiger partial charge in [0.05, 0.1) is 11.7 Å². The van der Waals surface area contributed by atoms with Crippen LogP contribution in [-0.4, -0.2) is 35.8 Å². The molecule has 16 heavy (non-hydrogen) atoms. The number of rotatable bonds is 4. The van der Waals surface area contributed by atoms with E-state index in [1.165, 1.54) is 5.51 Å². The number of hydrogen-bond acceptors (Lipinski definition) is 7. The van der Waals surface area contributed by atoms with Crippen molar-refractivity contribution in [3.63, 3.8) is 0 Å². The van der Waals surface area contributed by atoms with Crippen LogP contribution in [0.4, 0.5) is 8.78 Å². The van der Waals surface area contributed by atoms with E-state index in [2.05, 4.69) is 9.72 Å². The normalized spacial score (nSPS) is 12.4. The van der Waals surface area contributed by atoms with Crippen LogP contribution in [0, 0.1) is 0 Å². The Labute approximate surface area is 92.6 Å². The van der Waals surface area contributed by atoms with Gasteiger partial charge in [-0.05, 0) is 0 Å². The monoisotopic (exact) mass is 272 g/mol. The van der Waals surface area contributed by atoms with Crippen molar-refractivity contribution in [2.24, 2.45) is 0 Å². The van der Waals surface area contributed by atoms with Crippen molar-refractivity contribution >= 4 is 27.4 Å².